The largest absolute Gasteiger partial charge is 0.390 e. The molecule has 1 spiro atoms. The molecular weight excluding hydrogens is 254 g/mol. The molecule has 0 atom stereocenters. The molecule has 0 radical (unpaired) electrons. The second kappa shape index (κ2) is 5.30. The monoisotopic (exact) mass is 277 g/mol. The van der Waals surface area contributed by atoms with Gasteiger partial charge in [-0.1, -0.05) is 0 Å². The Morgan fingerprint density at radius 3 is 2.45 bits per heavy atom. The first-order valence-corrected chi connectivity index (χ1v) is 7.41. The molecule has 2 aliphatic rings. The zero-order chi connectivity index (χ0) is 14.2. The minimum absolute atomic E-state index is 0.0474. The Hall–Kier alpha value is -1.20. The third-order valence-electron chi connectivity index (χ3n) is 4.82. The van der Waals surface area contributed by atoms with E-state index in [4.69, 9.17) is 4.74 Å². The summed E-state index contributed by atoms with van der Waals surface area (Å²) in [5, 5.41) is 9.52. The fraction of sp³-hybridized carbons (Fsp3) is 0.733. The molecule has 2 aliphatic heterocycles. The molecule has 0 aromatic carbocycles. The van der Waals surface area contributed by atoms with Crippen LogP contribution in [0.25, 0.3) is 0 Å². The number of rotatable bonds is 2. The van der Waals surface area contributed by atoms with Gasteiger partial charge in [0.1, 0.15) is 5.69 Å². The van der Waals surface area contributed by atoms with Crippen LogP contribution < -0.4 is 4.90 Å². The molecule has 0 amide bonds. The Balaban J connectivity index is 1.79. The molecule has 1 N–H and O–H groups in total. The molecule has 0 unspecified atom stereocenters. The molecule has 3 heterocycles. The van der Waals surface area contributed by atoms with Gasteiger partial charge in [0.2, 0.25) is 0 Å². The van der Waals surface area contributed by atoms with Gasteiger partial charge in [-0.05, 0) is 38.5 Å². The van der Waals surface area contributed by atoms with E-state index in [9.17, 15) is 5.11 Å². The predicted octanol–water partition coefficient (Wildman–Crippen LogP) is 1.59. The van der Waals surface area contributed by atoms with E-state index in [-0.39, 0.29) is 6.61 Å². The highest BCUT2D eigenvalue weighted by atomic mass is 16.5. The Morgan fingerprint density at radius 1 is 1.15 bits per heavy atom. The Labute approximate surface area is 120 Å². The van der Waals surface area contributed by atoms with E-state index in [2.05, 4.69) is 14.9 Å². The summed E-state index contributed by atoms with van der Waals surface area (Å²) in [6, 6.07) is 0. The van der Waals surface area contributed by atoms with Crippen molar-refractivity contribution in [3.05, 3.63) is 17.1 Å². The fourth-order valence-corrected chi connectivity index (χ4v) is 3.23. The Morgan fingerprint density at radius 2 is 1.85 bits per heavy atom. The number of aryl methyl sites for hydroxylation is 2. The number of aliphatic hydroxyl groups excluding tert-OH is 1. The van der Waals surface area contributed by atoms with Crippen LogP contribution in [0.4, 0.5) is 5.82 Å². The maximum atomic E-state index is 9.52. The van der Waals surface area contributed by atoms with Crippen molar-refractivity contribution in [3.8, 4) is 0 Å². The lowest BCUT2D eigenvalue weighted by Crippen LogP contribution is -2.41. The van der Waals surface area contributed by atoms with Crippen molar-refractivity contribution in [2.45, 2.75) is 39.7 Å². The summed E-state index contributed by atoms with van der Waals surface area (Å²) >= 11 is 0. The number of piperidine rings is 1. The van der Waals surface area contributed by atoms with Gasteiger partial charge in [0.25, 0.3) is 0 Å². The molecule has 0 saturated carbocycles. The van der Waals surface area contributed by atoms with Gasteiger partial charge >= 0.3 is 0 Å². The molecule has 110 valence electrons. The zero-order valence-electron chi connectivity index (χ0n) is 12.4. The van der Waals surface area contributed by atoms with Crippen LogP contribution in [0, 0.1) is 19.3 Å². The first-order chi connectivity index (χ1) is 9.63. The SMILES string of the molecule is Cc1nc(CO)c(N2CCC3(CCOC3)CC2)nc1C. The van der Waals surface area contributed by atoms with Crippen LogP contribution in [0.15, 0.2) is 0 Å². The van der Waals surface area contributed by atoms with Gasteiger partial charge in [-0.15, -0.1) is 0 Å². The number of anilines is 1. The van der Waals surface area contributed by atoms with E-state index in [0.717, 1.165) is 56.4 Å². The van der Waals surface area contributed by atoms with E-state index < -0.39 is 0 Å². The lowest BCUT2D eigenvalue weighted by atomic mass is 9.78. The van der Waals surface area contributed by atoms with Crippen LogP contribution in [-0.4, -0.2) is 41.4 Å². The van der Waals surface area contributed by atoms with Gasteiger partial charge in [-0.2, -0.15) is 0 Å². The maximum absolute atomic E-state index is 9.52. The van der Waals surface area contributed by atoms with Crippen molar-refractivity contribution in [3.63, 3.8) is 0 Å². The number of aromatic nitrogens is 2. The van der Waals surface area contributed by atoms with E-state index in [1.54, 1.807) is 0 Å². The van der Waals surface area contributed by atoms with Crippen molar-refractivity contribution in [1.82, 2.24) is 9.97 Å². The first kappa shape index (κ1) is 13.8. The third-order valence-corrected chi connectivity index (χ3v) is 4.82. The molecule has 0 aliphatic carbocycles. The third kappa shape index (κ3) is 2.40. The van der Waals surface area contributed by atoms with E-state index in [1.807, 2.05) is 13.8 Å². The highest BCUT2D eigenvalue weighted by Crippen LogP contribution is 2.40. The maximum Gasteiger partial charge on any atom is 0.153 e. The number of ether oxygens (including phenoxy) is 1. The second-order valence-electron chi connectivity index (χ2n) is 6.11. The molecule has 2 fully saturated rings. The van der Waals surface area contributed by atoms with Crippen molar-refractivity contribution in [1.29, 1.82) is 0 Å². The molecule has 0 bridgehead atoms. The van der Waals surface area contributed by atoms with E-state index in [0.29, 0.717) is 11.1 Å². The van der Waals surface area contributed by atoms with Crippen molar-refractivity contribution in [2.24, 2.45) is 5.41 Å². The molecule has 5 heteroatoms. The minimum Gasteiger partial charge on any atom is -0.390 e. The highest BCUT2D eigenvalue weighted by Gasteiger charge is 2.38. The molecule has 1 aromatic heterocycles. The van der Waals surface area contributed by atoms with E-state index >= 15 is 0 Å². The van der Waals surface area contributed by atoms with Crippen LogP contribution in [0.5, 0.6) is 0 Å². The molecule has 2 saturated heterocycles. The lowest BCUT2D eigenvalue weighted by Gasteiger charge is -2.39. The summed E-state index contributed by atoms with van der Waals surface area (Å²) in [7, 11) is 0. The Kier molecular flexibility index (Phi) is 3.65. The average Bonchev–Trinajstić information content (AvgIpc) is 2.91. The average molecular weight is 277 g/mol. The standard InChI is InChI=1S/C15H23N3O2/c1-11-12(2)17-14(13(9-19)16-11)18-6-3-15(4-7-18)5-8-20-10-15/h19H,3-10H2,1-2H3. The minimum atomic E-state index is -0.0474. The molecule has 1 aromatic rings. The Bertz CT molecular complexity index is 488. The van der Waals surface area contributed by atoms with Crippen molar-refractivity contribution < 1.29 is 9.84 Å². The number of hydrogen-bond donors (Lipinski definition) is 1. The van der Waals surface area contributed by atoms with Crippen molar-refractivity contribution in [2.75, 3.05) is 31.2 Å². The zero-order valence-corrected chi connectivity index (χ0v) is 12.4. The summed E-state index contributed by atoms with van der Waals surface area (Å²) in [5.41, 5.74) is 2.94. The van der Waals surface area contributed by atoms with E-state index in [1.165, 1.54) is 6.42 Å². The number of nitrogens with zero attached hydrogens (tertiary/aromatic N) is 3. The van der Waals surface area contributed by atoms with Gasteiger partial charge in [0.15, 0.2) is 5.82 Å². The van der Waals surface area contributed by atoms with Crippen LogP contribution in [-0.2, 0) is 11.3 Å². The summed E-state index contributed by atoms with van der Waals surface area (Å²) in [5.74, 6) is 0.865. The van der Waals surface area contributed by atoms with Crippen LogP contribution in [0.1, 0.15) is 36.3 Å². The molecule has 3 rings (SSSR count). The lowest BCUT2D eigenvalue weighted by molar-refractivity contribution is 0.133. The molecule has 20 heavy (non-hydrogen) atoms. The fourth-order valence-electron chi connectivity index (χ4n) is 3.23. The van der Waals surface area contributed by atoms with Crippen LogP contribution in [0.3, 0.4) is 0 Å². The number of hydrogen-bond acceptors (Lipinski definition) is 5. The molecular formula is C15H23N3O2. The van der Waals surface area contributed by atoms with Gasteiger partial charge in [0.05, 0.1) is 24.6 Å². The van der Waals surface area contributed by atoms with Gasteiger partial charge in [-0.3, -0.25) is 0 Å². The normalized spacial score (nSPS) is 21.6. The summed E-state index contributed by atoms with van der Waals surface area (Å²) in [4.78, 5) is 11.4. The smallest absolute Gasteiger partial charge is 0.153 e. The highest BCUT2D eigenvalue weighted by molar-refractivity contribution is 5.45. The van der Waals surface area contributed by atoms with Gasteiger partial charge in [-0.25, -0.2) is 9.97 Å². The topological polar surface area (TPSA) is 58.5 Å². The summed E-state index contributed by atoms with van der Waals surface area (Å²) < 4.78 is 5.57. The van der Waals surface area contributed by atoms with Crippen molar-refractivity contribution >= 4 is 5.82 Å². The van der Waals surface area contributed by atoms with Gasteiger partial charge in [0, 0.05) is 19.7 Å². The first-order valence-electron chi connectivity index (χ1n) is 7.41. The molecule has 5 nitrogen and oxygen atoms in total. The van der Waals surface area contributed by atoms with Gasteiger partial charge < -0.3 is 14.7 Å². The number of aliphatic hydroxyl groups is 1. The second-order valence-corrected chi connectivity index (χ2v) is 6.11. The van der Waals surface area contributed by atoms with Crippen LogP contribution in [0.2, 0.25) is 0 Å². The quantitative estimate of drug-likeness (QED) is 0.889. The summed E-state index contributed by atoms with van der Waals surface area (Å²) in [6.07, 6.45) is 3.48. The predicted molar refractivity (Wildman–Crippen MR) is 76.7 cm³/mol. The van der Waals surface area contributed by atoms with Crippen LogP contribution >= 0.6 is 0 Å². The summed E-state index contributed by atoms with van der Waals surface area (Å²) in [6.45, 7) is 7.64.